The lowest BCUT2D eigenvalue weighted by molar-refractivity contribution is -0.137. The monoisotopic (exact) mass is 367 g/mol. The van der Waals surface area contributed by atoms with Crippen LogP contribution < -0.4 is 0 Å². The number of benzene rings is 1. The van der Waals surface area contributed by atoms with Crippen LogP contribution in [0.1, 0.15) is 44.1 Å². The third-order valence-corrected chi connectivity index (χ3v) is 4.84. The Morgan fingerprint density at radius 2 is 1.77 bits per heavy atom. The standard InChI is InChI=1S/C17H22BrNO3/c1-19(15(20)4-2-3-5-16(21)22)12-17(10-11-17)13-6-8-14(18)9-7-13/h6-9H,2-5,10-12H2,1H3,(H,21,22). The molecule has 0 atom stereocenters. The molecule has 0 aliphatic heterocycles. The maximum Gasteiger partial charge on any atom is 0.303 e. The summed E-state index contributed by atoms with van der Waals surface area (Å²) < 4.78 is 1.06. The van der Waals surface area contributed by atoms with Crippen molar-refractivity contribution >= 4 is 27.8 Å². The van der Waals surface area contributed by atoms with Crippen LogP contribution in [0, 0.1) is 0 Å². The molecule has 0 unspecified atom stereocenters. The van der Waals surface area contributed by atoms with Crippen LogP contribution in [-0.4, -0.2) is 35.5 Å². The number of aliphatic carboxylic acids is 1. The average molecular weight is 368 g/mol. The highest BCUT2D eigenvalue weighted by atomic mass is 79.9. The van der Waals surface area contributed by atoms with E-state index in [-0.39, 0.29) is 17.7 Å². The van der Waals surface area contributed by atoms with Gasteiger partial charge in [-0.25, -0.2) is 0 Å². The summed E-state index contributed by atoms with van der Waals surface area (Å²) in [5, 5.41) is 8.60. The minimum absolute atomic E-state index is 0.105. The number of carbonyl (C=O) groups is 2. The summed E-state index contributed by atoms with van der Waals surface area (Å²) in [6, 6.07) is 8.34. The van der Waals surface area contributed by atoms with E-state index >= 15 is 0 Å². The minimum Gasteiger partial charge on any atom is -0.481 e. The zero-order valence-corrected chi connectivity index (χ0v) is 14.4. The van der Waals surface area contributed by atoms with E-state index in [9.17, 15) is 9.59 Å². The van der Waals surface area contributed by atoms with Gasteiger partial charge in [-0.3, -0.25) is 9.59 Å². The van der Waals surface area contributed by atoms with Crippen LogP contribution in [-0.2, 0) is 15.0 Å². The maximum absolute atomic E-state index is 12.1. The van der Waals surface area contributed by atoms with Crippen LogP contribution in [0.2, 0.25) is 0 Å². The van der Waals surface area contributed by atoms with Crippen LogP contribution in [0.3, 0.4) is 0 Å². The fourth-order valence-electron chi connectivity index (χ4n) is 2.78. The SMILES string of the molecule is CN(CC1(c2ccc(Br)cc2)CC1)C(=O)CCCCC(=O)O. The van der Waals surface area contributed by atoms with E-state index in [0.717, 1.165) is 23.9 Å². The van der Waals surface area contributed by atoms with Gasteiger partial charge in [0.15, 0.2) is 0 Å². The van der Waals surface area contributed by atoms with Crippen LogP contribution in [0.5, 0.6) is 0 Å². The molecule has 0 spiro atoms. The first-order valence-electron chi connectivity index (χ1n) is 7.65. The number of nitrogens with zero attached hydrogens (tertiary/aromatic N) is 1. The lowest BCUT2D eigenvalue weighted by Gasteiger charge is -2.24. The van der Waals surface area contributed by atoms with E-state index in [1.54, 1.807) is 4.90 Å². The summed E-state index contributed by atoms with van der Waals surface area (Å²) >= 11 is 3.45. The Labute approximate surface area is 139 Å². The van der Waals surface area contributed by atoms with Gasteiger partial charge in [0.05, 0.1) is 0 Å². The molecule has 0 bridgehead atoms. The number of rotatable bonds is 8. The van der Waals surface area contributed by atoms with Crippen molar-refractivity contribution in [3.8, 4) is 0 Å². The third-order valence-electron chi connectivity index (χ3n) is 4.31. The number of likely N-dealkylation sites (N-methyl/N-ethyl adjacent to an activating group) is 1. The van der Waals surface area contributed by atoms with Gasteiger partial charge in [0, 0.05) is 36.3 Å². The smallest absolute Gasteiger partial charge is 0.303 e. The maximum atomic E-state index is 12.1. The molecule has 5 heteroatoms. The second-order valence-electron chi connectivity index (χ2n) is 6.14. The molecule has 0 aromatic heterocycles. The van der Waals surface area contributed by atoms with Crippen molar-refractivity contribution in [1.82, 2.24) is 4.90 Å². The molecule has 1 aliphatic carbocycles. The van der Waals surface area contributed by atoms with Crippen molar-refractivity contribution in [3.63, 3.8) is 0 Å². The van der Waals surface area contributed by atoms with Gasteiger partial charge in [0.1, 0.15) is 0 Å². The molecule has 120 valence electrons. The lowest BCUT2D eigenvalue weighted by atomic mass is 9.95. The van der Waals surface area contributed by atoms with Crippen LogP contribution in [0.15, 0.2) is 28.7 Å². The van der Waals surface area contributed by atoms with Crippen molar-refractivity contribution in [2.24, 2.45) is 0 Å². The van der Waals surface area contributed by atoms with E-state index in [1.165, 1.54) is 5.56 Å². The summed E-state index contributed by atoms with van der Waals surface area (Å²) in [6.45, 7) is 0.742. The summed E-state index contributed by atoms with van der Waals surface area (Å²) in [4.78, 5) is 24.4. The Bertz CT molecular complexity index is 537. The number of unbranched alkanes of at least 4 members (excludes halogenated alkanes) is 1. The summed E-state index contributed by atoms with van der Waals surface area (Å²) in [5.41, 5.74) is 1.41. The molecule has 1 aromatic rings. The lowest BCUT2D eigenvalue weighted by Crippen LogP contribution is -2.34. The number of amides is 1. The second-order valence-corrected chi connectivity index (χ2v) is 7.05. The molecule has 1 saturated carbocycles. The summed E-state index contributed by atoms with van der Waals surface area (Å²) in [5.74, 6) is -0.693. The molecule has 0 radical (unpaired) electrons. The van der Waals surface area contributed by atoms with Gasteiger partial charge in [-0.15, -0.1) is 0 Å². The van der Waals surface area contributed by atoms with Crippen molar-refractivity contribution in [2.45, 2.75) is 43.9 Å². The number of carboxylic acids is 1. The molecule has 1 amide bonds. The minimum atomic E-state index is -0.798. The van der Waals surface area contributed by atoms with Gasteiger partial charge >= 0.3 is 5.97 Å². The Morgan fingerprint density at radius 3 is 2.32 bits per heavy atom. The van der Waals surface area contributed by atoms with E-state index < -0.39 is 5.97 Å². The summed E-state index contributed by atoms with van der Waals surface area (Å²) in [7, 11) is 1.85. The zero-order chi connectivity index (χ0) is 16.2. The molecular weight excluding hydrogens is 346 g/mol. The molecule has 0 saturated heterocycles. The first kappa shape index (κ1) is 17.0. The van der Waals surface area contributed by atoms with Crippen LogP contribution >= 0.6 is 15.9 Å². The Kier molecular flexibility index (Phi) is 5.62. The molecular formula is C17H22BrNO3. The normalized spacial score (nSPS) is 15.4. The topological polar surface area (TPSA) is 57.6 Å². The van der Waals surface area contributed by atoms with Gasteiger partial charge in [-0.2, -0.15) is 0 Å². The molecule has 1 fully saturated rings. The van der Waals surface area contributed by atoms with Gasteiger partial charge in [0.25, 0.3) is 0 Å². The average Bonchev–Trinajstić information content (AvgIpc) is 3.24. The van der Waals surface area contributed by atoms with Crippen molar-refractivity contribution < 1.29 is 14.7 Å². The zero-order valence-electron chi connectivity index (χ0n) is 12.8. The van der Waals surface area contributed by atoms with Crippen LogP contribution in [0.4, 0.5) is 0 Å². The number of hydrogen-bond acceptors (Lipinski definition) is 2. The highest BCUT2D eigenvalue weighted by molar-refractivity contribution is 9.10. The van der Waals surface area contributed by atoms with Gasteiger partial charge in [-0.1, -0.05) is 28.1 Å². The Hall–Kier alpha value is -1.36. The third kappa shape index (κ3) is 4.57. The predicted octanol–water partition coefficient (Wildman–Crippen LogP) is 3.58. The van der Waals surface area contributed by atoms with E-state index in [0.29, 0.717) is 19.3 Å². The van der Waals surface area contributed by atoms with Gasteiger partial charge in [-0.05, 0) is 43.4 Å². The fraction of sp³-hybridized carbons (Fsp3) is 0.529. The van der Waals surface area contributed by atoms with E-state index in [4.69, 9.17) is 5.11 Å². The van der Waals surface area contributed by atoms with Gasteiger partial charge < -0.3 is 10.0 Å². The first-order chi connectivity index (χ1) is 10.4. The summed E-state index contributed by atoms with van der Waals surface area (Å²) in [6.07, 6.45) is 4.00. The highest BCUT2D eigenvalue weighted by Crippen LogP contribution is 2.48. The number of hydrogen-bond donors (Lipinski definition) is 1. The molecule has 22 heavy (non-hydrogen) atoms. The molecule has 0 heterocycles. The highest BCUT2D eigenvalue weighted by Gasteiger charge is 2.45. The molecule has 2 rings (SSSR count). The quantitative estimate of drug-likeness (QED) is 0.714. The molecule has 1 aliphatic rings. The Balaban J connectivity index is 1.83. The predicted molar refractivity (Wildman–Crippen MR) is 88.8 cm³/mol. The fourth-order valence-corrected chi connectivity index (χ4v) is 3.04. The van der Waals surface area contributed by atoms with Crippen molar-refractivity contribution in [2.75, 3.05) is 13.6 Å². The Morgan fingerprint density at radius 1 is 1.18 bits per heavy atom. The van der Waals surface area contributed by atoms with Crippen molar-refractivity contribution in [1.29, 1.82) is 0 Å². The molecule has 4 nitrogen and oxygen atoms in total. The second kappa shape index (κ2) is 7.27. The first-order valence-corrected chi connectivity index (χ1v) is 8.44. The van der Waals surface area contributed by atoms with E-state index in [1.807, 2.05) is 19.2 Å². The molecule has 1 N–H and O–H groups in total. The number of carboxylic acid groups (broad SMARTS) is 1. The molecule has 1 aromatic carbocycles. The number of carbonyl (C=O) groups excluding carboxylic acids is 1. The van der Waals surface area contributed by atoms with E-state index in [2.05, 4.69) is 28.1 Å². The van der Waals surface area contributed by atoms with Gasteiger partial charge in [0.2, 0.25) is 5.91 Å². The van der Waals surface area contributed by atoms with Crippen molar-refractivity contribution in [3.05, 3.63) is 34.3 Å². The number of halogens is 1. The van der Waals surface area contributed by atoms with Crippen LogP contribution in [0.25, 0.3) is 0 Å². The largest absolute Gasteiger partial charge is 0.481 e.